The average Bonchev–Trinajstić information content (AvgIpc) is 2.53. The lowest BCUT2D eigenvalue weighted by molar-refractivity contribution is -0.145. The smallest absolute Gasteiger partial charge is 0.344 e. The van der Waals surface area contributed by atoms with E-state index in [-0.39, 0.29) is 5.91 Å². The van der Waals surface area contributed by atoms with Gasteiger partial charge in [-0.05, 0) is 30.5 Å². The molecule has 0 saturated heterocycles. The zero-order valence-electron chi connectivity index (χ0n) is 12.9. The zero-order valence-corrected chi connectivity index (χ0v) is 12.9. The molecule has 1 amide bonds. The van der Waals surface area contributed by atoms with Crippen molar-refractivity contribution >= 4 is 17.6 Å². The molecule has 2 aromatic rings. The van der Waals surface area contributed by atoms with Gasteiger partial charge in [0.05, 0.1) is 5.69 Å². The fourth-order valence-corrected chi connectivity index (χ4v) is 2.19. The fraction of sp³-hybridized carbons (Fsp3) is 0.222. The largest absolute Gasteiger partial charge is 0.479 e. The molecular weight excluding hydrogens is 294 g/mol. The van der Waals surface area contributed by atoms with Gasteiger partial charge in [0.25, 0.3) is 0 Å². The molecule has 0 fully saturated rings. The fourth-order valence-electron chi connectivity index (χ4n) is 2.19. The Morgan fingerprint density at radius 1 is 1.09 bits per heavy atom. The molecule has 0 heterocycles. The molecule has 0 radical (unpaired) electrons. The lowest BCUT2D eigenvalue weighted by Crippen LogP contribution is -2.28. The Labute approximate surface area is 134 Å². The average molecular weight is 313 g/mol. The van der Waals surface area contributed by atoms with Crippen molar-refractivity contribution in [1.82, 2.24) is 0 Å². The molecule has 0 aromatic heterocycles. The number of ether oxygens (including phenoxy) is 1. The van der Waals surface area contributed by atoms with E-state index in [1.54, 1.807) is 24.3 Å². The number of hydrogen-bond donors (Lipinski definition) is 2. The minimum absolute atomic E-state index is 0.239. The van der Waals surface area contributed by atoms with Gasteiger partial charge >= 0.3 is 5.97 Å². The van der Waals surface area contributed by atoms with E-state index in [0.29, 0.717) is 24.3 Å². The van der Waals surface area contributed by atoms with Crippen LogP contribution in [0.5, 0.6) is 5.75 Å². The van der Waals surface area contributed by atoms with Crippen molar-refractivity contribution in [3.8, 4) is 5.75 Å². The number of nitrogens with one attached hydrogen (secondary N) is 1. The van der Waals surface area contributed by atoms with Gasteiger partial charge in [0.15, 0.2) is 6.10 Å². The second-order valence-corrected chi connectivity index (χ2v) is 5.15. The highest BCUT2D eigenvalue weighted by atomic mass is 16.5. The molecule has 0 aliphatic rings. The number of aryl methyl sites for hydroxylation is 1. The Kier molecular flexibility index (Phi) is 5.74. The van der Waals surface area contributed by atoms with Crippen LogP contribution in [-0.4, -0.2) is 23.1 Å². The summed E-state index contributed by atoms with van der Waals surface area (Å²) >= 11 is 0. The molecule has 1 atom stereocenters. The number of carboxylic acid groups (broad SMARTS) is 1. The highest BCUT2D eigenvalue weighted by molar-refractivity contribution is 5.90. The van der Waals surface area contributed by atoms with Crippen LogP contribution in [0.4, 0.5) is 5.69 Å². The van der Waals surface area contributed by atoms with Crippen LogP contribution < -0.4 is 10.1 Å². The van der Waals surface area contributed by atoms with Gasteiger partial charge in [-0.15, -0.1) is 0 Å². The van der Waals surface area contributed by atoms with E-state index in [1.165, 1.54) is 6.92 Å². The van der Waals surface area contributed by atoms with Gasteiger partial charge < -0.3 is 15.2 Å². The number of anilines is 1. The second-order valence-electron chi connectivity index (χ2n) is 5.15. The minimum atomic E-state index is -1.03. The third kappa shape index (κ3) is 5.14. The summed E-state index contributed by atoms with van der Waals surface area (Å²) in [7, 11) is 0. The SMILES string of the molecule is CC(=O)Nc1ccccc1OC(CCc1ccccc1)C(=O)O. The van der Waals surface area contributed by atoms with Crippen molar-refractivity contribution in [2.24, 2.45) is 0 Å². The summed E-state index contributed by atoms with van der Waals surface area (Å²) in [6, 6.07) is 16.4. The highest BCUT2D eigenvalue weighted by Gasteiger charge is 2.20. The Balaban J connectivity index is 2.08. The maximum absolute atomic E-state index is 11.4. The molecule has 2 rings (SSSR count). The number of benzene rings is 2. The van der Waals surface area contributed by atoms with Crippen LogP contribution in [0.25, 0.3) is 0 Å². The first-order valence-corrected chi connectivity index (χ1v) is 7.36. The van der Waals surface area contributed by atoms with E-state index in [4.69, 9.17) is 4.74 Å². The number of carbonyl (C=O) groups excluding carboxylic acids is 1. The van der Waals surface area contributed by atoms with Crippen molar-refractivity contribution < 1.29 is 19.4 Å². The van der Waals surface area contributed by atoms with Crippen molar-refractivity contribution in [2.75, 3.05) is 5.32 Å². The van der Waals surface area contributed by atoms with E-state index in [2.05, 4.69) is 5.32 Å². The van der Waals surface area contributed by atoms with Crippen molar-refractivity contribution in [3.63, 3.8) is 0 Å². The Hall–Kier alpha value is -2.82. The third-order valence-corrected chi connectivity index (χ3v) is 3.28. The van der Waals surface area contributed by atoms with Crippen LogP contribution in [0, 0.1) is 0 Å². The molecule has 1 unspecified atom stereocenters. The van der Waals surface area contributed by atoms with E-state index >= 15 is 0 Å². The minimum Gasteiger partial charge on any atom is -0.479 e. The first kappa shape index (κ1) is 16.5. The molecular formula is C18H19NO4. The van der Waals surface area contributed by atoms with Gasteiger partial charge in [0.2, 0.25) is 5.91 Å². The van der Waals surface area contributed by atoms with Crippen molar-refractivity contribution in [3.05, 3.63) is 60.2 Å². The van der Waals surface area contributed by atoms with Crippen LogP contribution in [0.1, 0.15) is 18.9 Å². The predicted molar refractivity (Wildman–Crippen MR) is 87.6 cm³/mol. The van der Waals surface area contributed by atoms with Gasteiger partial charge in [0, 0.05) is 6.92 Å². The summed E-state index contributed by atoms with van der Waals surface area (Å²) < 4.78 is 5.62. The Bertz CT molecular complexity index is 670. The number of rotatable bonds is 7. The van der Waals surface area contributed by atoms with Gasteiger partial charge in [-0.3, -0.25) is 4.79 Å². The van der Waals surface area contributed by atoms with Gasteiger partial charge in [0.1, 0.15) is 5.75 Å². The van der Waals surface area contributed by atoms with Crippen LogP contribution in [0.15, 0.2) is 54.6 Å². The molecule has 0 saturated carbocycles. The first-order valence-electron chi connectivity index (χ1n) is 7.36. The number of aliphatic carboxylic acids is 1. The number of carbonyl (C=O) groups is 2. The van der Waals surface area contributed by atoms with Crippen LogP contribution >= 0.6 is 0 Å². The normalized spacial score (nSPS) is 11.5. The van der Waals surface area contributed by atoms with Crippen LogP contribution in [-0.2, 0) is 16.0 Å². The Morgan fingerprint density at radius 2 is 1.74 bits per heavy atom. The molecule has 120 valence electrons. The molecule has 5 nitrogen and oxygen atoms in total. The summed E-state index contributed by atoms with van der Waals surface area (Å²) in [5.74, 6) is -0.918. The van der Waals surface area contributed by atoms with Gasteiger partial charge in [-0.2, -0.15) is 0 Å². The van der Waals surface area contributed by atoms with Crippen molar-refractivity contribution in [2.45, 2.75) is 25.9 Å². The van der Waals surface area contributed by atoms with Crippen LogP contribution in [0.3, 0.4) is 0 Å². The van der Waals surface area contributed by atoms with E-state index in [0.717, 1.165) is 5.56 Å². The second kappa shape index (κ2) is 7.98. The zero-order chi connectivity index (χ0) is 16.7. The molecule has 0 aliphatic carbocycles. The molecule has 5 heteroatoms. The number of carboxylic acids is 1. The molecule has 0 spiro atoms. The number of hydrogen-bond acceptors (Lipinski definition) is 3. The van der Waals surface area contributed by atoms with Crippen LogP contribution in [0.2, 0.25) is 0 Å². The molecule has 0 bridgehead atoms. The summed E-state index contributed by atoms with van der Waals surface area (Å²) in [4.78, 5) is 22.7. The quantitative estimate of drug-likeness (QED) is 0.823. The molecule has 23 heavy (non-hydrogen) atoms. The number of para-hydroxylation sites is 2. The summed E-state index contributed by atoms with van der Waals surface area (Å²) in [6.45, 7) is 1.39. The van der Waals surface area contributed by atoms with Gasteiger partial charge in [-0.25, -0.2) is 4.79 Å². The molecule has 2 aromatic carbocycles. The molecule has 2 N–H and O–H groups in total. The Morgan fingerprint density at radius 3 is 2.39 bits per heavy atom. The monoisotopic (exact) mass is 313 g/mol. The lowest BCUT2D eigenvalue weighted by atomic mass is 10.1. The highest BCUT2D eigenvalue weighted by Crippen LogP contribution is 2.25. The van der Waals surface area contributed by atoms with E-state index in [9.17, 15) is 14.7 Å². The van der Waals surface area contributed by atoms with E-state index in [1.807, 2.05) is 30.3 Å². The summed E-state index contributed by atoms with van der Waals surface area (Å²) in [5.41, 5.74) is 1.52. The lowest BCUT2D eigenvalue weighted by Gasteiger charge is -2.17. The summed E-state index contributed by atoms with van der Waals surface area (Å²) in [6.07, 6.45) is -0.0430. The van der Waals surface area contributed by atoms with Crippen molar-refractivity contribution in [1.29, 1.82) is 0 Å². The molecule has 0 aliphatic heterocycles. The topological polar surface area (TPSA) is 75.6 Å². The standard InChI is InChI=1S/C18H19NO4/c1-13(20)19-15-9-5-6-10-16(15)23-17(18(21)22)12-11-14-7-3-2-4-8-14/h2-10,17H,11-12H2,1H3,(H,19,20)(H,21,22). The first-order chi connectivity index (χ1) is 11.1. The summed E-state index contributed by atoms with van der Waals surface area (Å²) in [5, 5.41) is 12.0. The predicted octanol–water partition coefficient (Wildman–Crippen LogP) is 3.11. The van der Waals surface area contributed by atoms with Gasteiger partial charge in [-0.1, -0.05) is 42.5 Å². The number of amides is 1. The van der Waals surface area contributed by atoms with E-state index < -0.39 is 12.1 Å². The third-order valence-electron chi connectivity index (χ3n) is 3.28. The maximum Gasteiger partial charge on any atom is 0.344 e. The maximum atomic E-state index is 11.4.